The van der Waals surface area contributed by atoms with Gasteiger partial charge in [-0.3, -0.25) is 4.79 Å². The second kappa shape index (κ2) is 6.20. The number of carbonyl (C=O) groups excluding carboxylic acids is 1. The van der Waals surface area contributed by atoms with E-state index in [9.17, 15) is 22.8 Å². The average Bonchev–Trinajstić information content (AvgIpc) is 2.34. The molecule has 1 fully saturated rings. The molecule has 1 aliphatic heterocycles. The number of carbonyl (C=O) groups is 2. The highest BCUT2D eigenvalue weighted by Gasteiger charge is 2.36. The Hall–Kier alpha value is -1.35. The SMILES string of the molecule is C[C@H](OCC(F)(F)F)C(=O)N1CCOC[C@H]1C(=O)O. The zero-order valence-electron chi connectivity index (χ0n) is 10.1. The van der Waals surface area contributed by atoms with Crippen LogP contribution in [0.1, 0.15) is 6.92 Å². The predicted octanol–water partition coefficient (Wildman–Crippen LogP) is 0.266. The largest absolute Gasteiger partial charge is 0.480 e. The summed E-state index contributed by atoms with van der Waals surface area (Å²) in [5.41, 5.74) is 0. The molecular formula is C10H14F3NO5. The lowest BCUT2D eigenvalue weighted by molar-refractivity contribution is -0.192. The lowest BCUT2D eigenvalue weighted by atomic mass is 10.2. The van der Waals surface area contributed by atoms with E-state index in [2.05, 4.69) is 4.74 Å². The number of nitrogens with zero attached hydrogens (tertiary/aromatic N) is 1. The van der Waals surface area contributed by atoms with E-state index >= 15 is 0 Å². The van der Waals surface area contributed by atoms with Crippen LogP contribution < -0.4 is 0 Å². The van der Waals surface area contributed by atoms with Gasteiger partial charge >= 0.3 is 12.1 Å². The molecule has 0 spiro atoms. The second-order valence-electron chi connectivity index (χ2n) is 4.03. The maximum Gasteiger partial charge on any atom is 0.411 e. The average molecular weight is 285 g/mol. The number of rotatable bonds is 4. The Balaban J connectivity index is 2.61. The fourth-order valence-corrected chi connectivity index (χ4v) is 1.60. The summed E-state index contributed by atoms with van der Waals surface area (Å²) in [6.07, 6.45) is -5.90. The Morgan fingerprint density at radius 2 is 2.16 bits per heavy atom. The molecule has 0 aliphatic carbocycles. The van der Waals surface area contributed by atoms with E-state index in [1.807, 2.05) is 0 Å². The molecule has 1 heterocycles. The number of halogens is 3. The summed E-state index contributed by atoms with van der Waals surface area (Å²) in [5.74, 6) is -2.06. The van der Waals surface area contributed by atoms with Gasteiger partial charge in [-0.25, -0.2) is 4.79 Å². The van der Waals surface area contributed by atoms with Crippen molar-refractivity contribution in [2.75, 3.05) is 26.4 Å². The van der Waals surface area contributed by atoms with Gasteiger partial charge in [0.25, 0.3) is 5.91 Å². The number of amides is 1. The number of hydrogen-bond donors (Lipinski definition) is 1. The Morgan fingerprint density at radius 3 is 2.68 bits per heavy atom. The Labute approximate surface area is 107 Å². The van der Waals surface area contributed by atoms with Crippen molar-refractivity contribution in [3.05, 3.63) is 0 Å². The summed E-state index contributed by atoms with van der Waals surface area (Å²) < 4.78 is 45.2. The zero-order valence-corrected chi connectivity index (χ0v) is 10.1. The van der Waals surface area contributed by atoms with Gasteiger partial charge in [0.2, 0.25) is 0 Å². The molecule has 0 aromatic heterocycles. The van der Waals surface area contributed by atoms with Crippen molar-refractivity contribution in [3.63, 3.8) is 0 Å². The van der Waals surface area contributed by atoms with Gasteiger partial charge in [-0.05, 0) is 6.92 Å². The lowest BCUT2D eigenvalue weighted by Crippen LogP contribution is -2.55. The van der Waals surface area contributed by atoms with Crippen LogP contribution in [0.2, 0.25) is 0 Å². The van der Waals surface area contributed by atoms with Crippen LogP contribution in [-0.2, 0) is 19.1 Å². The first-order valence-corrected chi connectivity index (χ1v) is 5.52. The van der Waals surface area contributed by atoms with Crippen molar-refractivity contribution in [3.8, 4) is 0 Å². The van der Waals surface area contributed by atoms with Crippen LogP contribution in [0, 0.1) is 0 Å². The predicted molar refractivity (Wildman–Crippen MR) is 55.4 cm³/mol. The minimum absolute atomic E-state index is 0.00944. The van der Waals surface area contributed by atoms with Crippen LogP contribution in [0.3, 0.4) is 0 Å². The van der Waals surface area contributed by atoms with E-state index in [4.69, 9.17) is 9.84 Å². The maximum absolute atomic E-state index is 12.0. The van der Waals surface area contributed by atoms with Crippen molar-refractivity contribution in [1.29, 1.82) is 0 Å². The molecule has 9 heteroatoms. The number of carboxylic acids is 1. The number of morpholine rings is 1. The minimum atomic E-state index is -4.54. The molecule has 1 rings (SSSR count). The van der Waals surface area contributed by atoms with Gasteiger partial charge in [0.1, 0.15) is 12.7 Å². The first-order chi connectivity index (χ1) is 8.72. The minimum Gasteiger partial charge on any atom is -0.480 e. The van der Waals surface area contributed by atoms with E-state index < -0.39 is 36.8 Å². The third kappa shape index (κ3) is 4.67. The van der Waals surface area contributed by atoms with Crippen LogP contribution in [-0.4, -0.2) is 66.6 Å². The summed E-state index contributed by atoms with van der Waals surface area (Å²) in [6, 6.07) is -1.20. The molecule has 0 bridgehead atoms. The molecule has 110 valence electrons. The van der Waals surface area contributed by atoms with E-state index in [-0.39, 0.29) is 19.8 Å². The summed E-state index contributed by atoms with van der Waals surface area (Å²) in [7, 11) is 0. The third-order valence-electron chi connectivity index (χ3n) is 2.54. The molecule has 1 aliphatic rings. The zero-order chi connectivity index (χ0) is 14.6. The van der Waals surface area contributed by atoms with Gasteiger partial charge in [0.05, 0.1) is 13.2 Å². The molecule has 0 aromatic carbocycles. The maximum atomic E-state index is 12.0. The van der Waals surface area contributed by atoms with Crippen molar-refractivity contribution < 1.29 is 37.3 Å². The van der Waals surface area contributed by atoms with Crippen molar-refractivity contribution >= 4 is 11.9 Å². The standard InChI is InChI=1S/C10H14F3NO5/c1-6(19-5-10(11,12)13)8(15)14-2-3-18-4-7(14)9(16)17/h6-7H,2-5H2,1H3,(H,16,17)/t6-,7-/m0/s1. The van der Waals surface area contributed by atoms with Crippen molar-refractivity contribution in [2.45, 2.75) is 25.2 Å². The summed E-state index contributed by atoms with van der Waals surface area (Å²) in [6.45, 7) is -0.436. The topological polar surface area (TPSA) is 76.1 Å². The molecule has 0 unspecified atom stereocenters. The normalized spacial score (nSPS) is 22.1. The van der Waals surface area contributed by atoms with Crippen LogP contribution in [0.15, 0.2) is 0 Å². The molecular weight excluding hydrogens is 271 g/mol. The van der Waals surface area contributed by atoms with E-state index in [1.54, 1.807) is 0 Å². The van der Waals surface area contributed by atoms with Crippen molar-refractivity contribution in [1.82, 2.24) is 4.90 Å². The number of ether oxygens (including phenoxy) is 2. The van der Waals surface area contributed by atoms with Crippen LogP contribution in [0.25, 0.3) is 0 Å². The first-order valence-electron chi connectivity index (χ1n) is 5.52. The summed E-state index contributed by atoms with van der Waals surface area (Å²) in [5, 5.41) is 8.90. The molecule has 1 saturated heterocycles. The summed E-state index contributed by atoms with van der Waals surface area (Å²) >= 11 is 0. The van der Waals surface area contributed by atoms with Gasteiger partial charge in [-0.15, -0.1) is 0 Å². The number of aliphatic carboxylic acids is 1. The van der Waals surface area contributed by atoms with E-state index in [0.29, 0.717) is 0 Å². The van der Waals surface area contributed by atoms with Gasteiger partial charge in [0, 0.05) is 6.54 Å². The molecule has 0 aromatic rings. The van der Waals surface area contributed by atoms with Crippen LogP contribution in [0.4, 0.5) is 13.2 Å². The van der Waals surface area contributed by atoms with Gasteiger partial charge in [-0.2, -0.15) is 13.2 Å². The monoisotopic (exact) mass is 285 g/mol. The Kier molecular flexibility index (Phi) is 5.12. The van der Waals surface area contributed by atoms with Gasteiger partial charge in [0.15, 0.2) is 6.04 Å². The molecule has 2 atom stereocenters. The highest BCUT2D eigenvalue weighted by molar-refractivity contribution is 5.86. The highest BCUT2D eigenvalue weighted by Crippen LogP contribution is 2.17. The molecule has 1 N–H and O–H groups in total. The van der Waals surface area contributed by atoms with E-state index in [1.165, 1.54) is 0 Å². The highest BCUT2D eigenvalue weighted by atomic mass is 19.4. The molecule has 0 radical (unpaired) electrons. The lowest BCUT2D eigenvalue weighted by Gasteiger charge is -2.34. The van der Waals surface area contributed by atoms with Crippen molar-refractivity contribution in [2.24, 2.45) is 0 Å². The van der Waals surface area contributed by atoms with E-state index in [0.717, 1.165) is 11.8 Å². The molecule has 19 heavy (non-hydrogen) atoms. The smallest absolute Gasteiger partial charge is 0.411 e. The van der Waals surface area contributed by atoms with Crippen LogP contribution in [0.5, 0.6) is 0 Å². The Bertz CT molecular complexity index is 347. The fourth-order valence-electron chi connectivity index (χ4n) is 1.60. The second-order valence-corrected chi connectivity index (χ2v) is 4.03. The summed E-state index contributed by atoms with van der Waals surface area (Å²) in [4.78, 5) is 23.7. The quantitative estimate of drug-likeness (QED) is 0.802. The van der Waals surface area contributed by atoms with Gasteiger partial charge < -0.3 is 19.5 Å². The number of carboxylic acid groups (broad SMARTS) is 1. The number of hydrogen-bond acceptors (Lipinski definition) is 4. The first kappa shape index (κ1) is 15.7. The third-order valence-corrected chi connectivity index (χ3v) is 2.54. The van der Waals surface area contributed by atoms with Crippen LogP contribution >= 0.6 is 0 Å². The molecule has 0 saturated carbocycles. The number of alkyl halides is 3. The van der Waals surface area contributed by atoms with Gasteiger partial charge in [-0.1, -0.05) is 0 Å². The fraction of sp³-hybridized carbons (Fsp3) is 0.800. The Morgan fingerprint density at radius 1 is 1.53 bits per heavy atom. The molecule has 6 nitrogen and oxygen atoms in total. The molecule has 1 amide bonds.